The molecule has 0 spiro atoms. The molecule has 6 nitrogen and oxygen atoms in total. The van der Waals surface area contributed by atoms with Crippen LogP contribution in [0.1, 0.15) is 36.6 Å². The van der Waals surface area contributed by atoms with Crippen LogP contribution in [-0.4, -0.2) is 16.2 Å². The summed E-state index contributed by atoms with van der Waals surface area (Å²) in [7, 11) is 0. The molecule has 1 aliphatic carbocycles. The Hall–Kier alpha value is -3.15. The lowest BCUT2D eigenvalue weighted by atomic mass is 9.85. The summed E-state index contributed by atoms with van der Waals surface area (Å²) in [5.41, 5.74) is 3.46. The Morgan fingerprint density at radius 1 is 1.00 bits per heavy atom. The van der Waals surface area contributed by atoms with Crippen molar-refractivity contribution in [3.05, 3.63) is 60.0 Å². The monoisotopic (exact) mass is 348 g/mol. The van der Waals surface area contributed by atoms with E-state index in [4.69, 9.17) is 4.52 Å². The molecule has 4 rings (SSSR count). The molecule has 1 heterocycles. The minimum Gasteiger partial charge on any atom is -0.339 e. The molecule has 0 unspecified atom stereocenters. The summed E-state index contributed by atoms with van der Waals surface area (Å²) < 4.78 is 5.35. The third-order valence-electron chi connectivity index (χ3n) is 4.61. The maximum Gasteiger partial charge on any atom is 0.323 e. The van der Waals surface area contributed by atoms with Gasteiger partial charge in [-0.2, -0.15) is 4.98 Å². The molecule has 0 bridgehead atoms. The first-order chi connectivity index (χ1) is 12.7. The molecule has 0 atom stereocenters. The molecule has 2 N–H and O–H groups in total. The molecule has 6 heteroatoms. The molecule has 26 heavy (non-hydrogen) atoms. The zero-order valence-corrected chi connectivity index (χ0v) is 14.5. The van der Waals surface area contributed by atoms with Crippen molar-refractivity contribution in [2.24, 2.45) is 0 Å². The van der Waals surface area contributed by atoms with Crippen LogP contribution in [0.15, 0.2) is 53.1 Å². The molecule has 1 aliphatic rings. The van der Waals surface area contributed by atoms with Gasteiger partial charge in [0.05, 0.1) is 0 Å². The second-order valence-electron chi connectivity index (χ2n) is 6.61. The highest BCUT2D eigenvalue weighted by Gasteiger charge is 2.25. The van der Waals surface area contributed by atoms with Crippen molar-refractivity contribution in [2.75, 3.05) is 10.6 Å². The van der Waals surface area contributed by atoms with Gasteiger partial charge in [0, 0.05) is 22.9 Å². The van der Waals surface area contributed by atoms with Crippen LogP contribution in [0.25, 0.3) is 11.4 Å². The summed E-state index contributed by atoms with van der Waals surface area (Å²) >= 11 is 0. The Balaban J connectivity index is 1.38. The maximum absolute atomic E-state index is 12.1. The van der Waals surface area contributed by atoms with E-state index in [9.17, 15) is 4.79 Å². The van der Waals surface area contributed by atoms with Crippen LogP contribution in [0.2, 0.25) is 0 Å². The Kier molecular flexibility index (Phi) is 4.39. The number of hydrogen-bond acceptors (Lipinski definition) is 4. The highest BCUT2D eigenvalue weighted by molar-refractivity contribution is 5.99. The lowest BCUT2D eigenvalue weighted by molar-refractivity contribution is 0.262. The number of carbonyl (C=O) groups excluding carboxylic acids is 1. The van der Waals surface area contributed by atoms with Gasteiger partial charge in [-0.05, 0) is 56.2 Å². The van der Waals surface area contributed by atoms with E-state index in [1.165, 1.54) is 6.42 Å². The number of carbonyl (C=O) groups is 1. The van der Waals surface area contributed by atoms with Crippen molar-refractivity contribution in [3.63, 3.8) is 0 Å². The van der Waals surface area contributed by atoms with Gasteiger partial charge >= 0.3 is 6.03 Å². The summed E-state index contributed by atoms with van der Waals surface area (Å²) in [5, 5.41) is 9.67. The summed E-state index contributed by atoms with van der Waals surface area (Å²) in [6.45, 7) is 2.00. The first-order valence-electron chi connectivity index (χ1n) is 8.76. The molecule has 1 saturated carbocycles. The number of nitrogens with zero attached hydrogens (tertiary/aromatic N) is 2. The van der Waals surface area contributed by atoms with E-state index in [0.29, 0.717) is 17.4 Å². The molecule has 0 saturated heterocycles. The fraction of sp³-hybridized carbons (Fsp3) is 0.250. The summed E-state index contributed by atoms with van der Waals surface area (Å²) in [5.74, 6) is 1.73. The second-order valence-corrected chi connectivity index (χ2v) is 6.61. The van der Waals surface area contributed by atoms with Gasteiger partial charge in [-0.1, -0.05) is 29.3 Å². The van der Waals surface area contributed by atoms with Crippen molar-refractivity contribution in [2.45, 2.75) is 32.1 Å². The number of rotatable bonds is 4. The standard InChI is InChI=1S/C20H20N4O2/c1-13-5-9-16(10-6-13)21-20(25)22-17-11-7-14(8-12-17)18-23-19(26-24-18)15-3-2-4-15/h5-12,15H,2-4H2,1H3,(H2,21,22,25). The molecule has 1 aromatic heterocycles. The van der Waals surface area contributed by atoms with Crippen LogP contribution in [0.4, 0.5) is 16.2 Å². The highest BCUT2D eigenvalue weighted by atomic mass is 16.5. The number of aryl methyl sites for hydroxylation is 1. The van der Waals surface area contributed by atoms with Crippen molar-refractivity contribution in [1.82, 2.24) is 10.1 Å². The molecule has 2 amide bonds. The van der Waals surface area contributed by atoms with E-state index in [2.05, 4.69) is 20.8 Å². The smallest absolute Gasteiger partial charge is 0.323 e. The van der Waals surface area contributed by atoms with Crippen molar-refractivity contribution in [1.29, 1.82) is 0 Å². The van der Waals surface area contributed by atoms with Crippen LogP contribution in [0.3, 0.4) is 0 Å². The lowest BCUT2D eigenvalue weighted by Gasteiger charge is -2.20. The number of urea groups is 1. The Labute approximate surface area is 151 Å². The number of aromatic nitrogens is 2. The largest absolute Gasteiger partial charge is 0.339 e. The molecule has 132 valence electrons. The second kappa shape index (κ2) is 7.00. The number of hydrogen-bond donors (Lipinski definition) is 2. The highest BCUT2D eigenvalue weighted by Crippen LogP contribution is 2.36. The fourth-order valence-electron chi connectivity index (χ4n) is 2.81. The molecule has 1 fully saturated rings. The predicted octanol–water partition coefficient (Wildman–Crippen LogP) is 4.96. The quantitative estimate of drug-likeness (QED) is 0.698. The van der Waals surface area contributed by atoms with Crippen LogP contribution in [-0.2, 0) is 0 Å². The van der Waals surface area contributed by atoms with Gasteiger partial charge in [-0.25, -0.2) is 4.79 Å². The maximum atomic E-state index is 12.1. The molecular weight excluding hydrogens is 328 g/mol. The third-order valence-corrected chi connectivity index (χ3v) is 4.61. The van der Waals surface area contributed by atoms with E-state index in [1.807, 2.05) is 55.5 Å². The molecular formula is C20H20N4O2. The summed E-state index contributed by atoms with van der Waals surface area (Å²) in [6.07, 6.45) is 3.48. The summed E-state index contributed by atoms with van der Waals surface area (Å²) in [4.78, 5) is 16.6. The molecule has 3 aromatic rings. The first kappa shape index (κ1) is 16.3. The minimum atomic E-state index is -0.284. The van der Waals surface area contributed by atoms with Gasteiger partial charge in [0.2, 0.25) is 11.7 Å². The van der Waals surface area contributed by atoms with E-state index < -0.39 is 0 Å². The molecule has 0 radical (unpaired) electrons. The number of benzene rings is 2. The Morgan fingerprint density at radius 3 is 2.19 bits per heavy atom. The van der Waals surface area contributed by atoms with Gasteiger partial charge in [0.15, 0.2) is 0 Å². The van der Waals surface area contributed by atoms with Gasteiger partial charge in [-0.15, -0.1) is 0 Å². The third kappa shape index (κ3) is 3.59. The van der Waals surface area contributed by atoms with Gasteiger partial charge < -0.3 is 15.2 Å². The predicted molar refractivity (Wildman–Crippen MR) is 100 cm³/mol. The fourth-order valence-corrected chi connectivity index (χ4v) is 2.81. The normalized spacial score (nSPS) is 13.9. The van der Waals surface area contributed by atoms with E-state index in [1.54, 1.807) is 0 Å². The minimum absolute atomic E-state index is 0.284. The topological polar surface area (TPSA) is 80.0 Å². The Bertz CT molecular complexity index is 896. The number of amides is 2. The van der Waals surface area contributed by atoms with Crippen molar-refractivity contribution in [3.8, 4) is 11.4 Å². The molecule has 2 aromatic carbocycles. The van der Waals surface area contributed by atoms with E-state index >= 15 is 0 Å². The number of nitrogens with one attached hydrogen (secondary N) is 2. The Morgan fingerprint density at radius 2 is 1.62 bits per heavy atom. The lowest BCUT2D eigenvalue weighted by Crippen LogP contribution is -2.19. The van der Waals surface area contributed by atoms with Gasteiger partial charge in [0.1, 0.15) is 0 Å². The van der Waals surface area contributed by atoms with Crippen LogP contribution in [0.5, 0.6) is 0 Å². The number of anilines is 2. The first-order valence-corrected chi connectivity index (χ1v) is 8.76. The summed E-state index contributed by atoms with van der Waals surface area (Å²) in [6, 6.07) is 14.7. The van der Waals surface area contributed by atoms with E-state index in [0.717, 1.165) is 35.5 Å². The zero-order chi connectivity index (χ0) is 17.9. The van der Waals surface area contributed by atoms with Crippen LogP contribution >= 0.6 is 0 Å². The van der Waals surface area contributed by atoms with Crippen LogP contribution in [0, 0.1) is 6.92 Å². The average Bonchev–Trinajstić information content (AvgIpc) is 3.05. The average molecular weight is 348 g/mol. The zero-order valence-electron chi connectivity index (χ0n) is 14.5. The van der Waals surface area contributed by atoms with Crippen molar-refractivity contribution < 1.29 is 9.32 Å². The SMILES string of the molecule is Cc1ccc(NC(=O)Nc2ccc(-c3noc(C4CCC4)n3)cc2)cc1. The van der Waals surface area contributed by atoms with Gasteiger partial charge in [-0.3, -0.25) is 0 Å². The van der Waals surface area contributed by atoms with E-state index in [-0.39, 0.29) is 6.03 Å². The molecule has 0 aliphatic heterocycles. The van der Waals surface area contributed by atoms with Crippen molar-refractivity contribution >= 4 is 17.4 Å². The van der Waals surface area contributed by atoms with Crippen LogP contribution < -0.4 is 10.6 Å². The van der Waals surface area contributed by atoms with Gasteiger partial charge in [0.25, 0.3) is 0 Å².